The van der Waals surface area contributed by atoms with Crippen molar-refractivity contribution in [1.29, 1.82) is 0 Å². The van der Waals surface area contributed by atoms with Gasteiger partial charge in [0.25, 0.3) is 0 Å². The lowest BCUT2D eigenvalue weighted by molar-refractivity contribution is 0.129. The number of methoxy groups -OCH3 is 1. The van der Waals surface area contributed by atoms with Gasteiger partial charge in [-0.2, -0.15) is 0 Å². The van der Waals surface area contributed by atoms with Gasteiger partial charge in [0.1, 0.15) is 12.4 Å². The number of hydrogen-bond donors (Lipinski definition) is 3. The van der Waals surface area contributed by atoms with Crippen molar-refractivity contribution in [3.63, 3.8) is 0 Å². The van der Waals surface area contributed by atoms with Crippen molar-refractivity contribution in [3.8, 4) is 28.7 Å². The molecular formula is C32H48N2O6. The number of benzene rings is 2. The van der Waals surface area contributed by atoms with Crippen LogP contribution >= 0.6 is 0 Å². The number of rotatable bonds is 5. The third kappa shape index (κ3) is 5.62. The Bertz CT molecular complexity index is 1180. The third-order valence-corrected chi connectivity index (χ3v) is 7.93. The van der Waals surface area contributed by atoms with E-state index in [4.69, 9.17) is 18.9 Å². The highest BCUT2D eigenvalue weighted by Gasteiger charge is 2.39. The van der Waals surface area contributed by atoms with Gasteiger partial charge in [-0.1, -0.05) is 46.4 Å². The lowest BCUT2D eigenvalue weighted by atomic mass is 9.82. The summed E-state index contributed by atoms with van der Waals surface area (Å²) in [6.07, 6.45) is 4.19. The van der Waals surface area contributed by atoms with Crippen molar-refractivity contribution in [2.45, 2.75) is 78.9 Å². The Morgan fingerprint density at radius 3 is 2.48 bits per heavy atom. The molecule has 5 rings (SSSR count). The molecule has 3 aliphatic rings. The zero-order valence-corrected chi connectivity index (χ0v) is 25.5. The Morgan fingerprint density at radius 2 is 1.82 bits per heavy atom. The fourth-order valence-corrected chi connectivity index (χ4v) is 6.19. The van der Waals surface area contributed by atoms with Crippen LogP contribution in [0.25, 0.3) is 0 Å². The molecule has 0 saturated carbocycles. The molecule has 0 fully saturated rings. The van der Waals surface area contributed by atoms with E-state index in [1.54, 1.807) is 13.2 Å². The summed E-state index contributed by atoms with van der Waals surface area (Å²) in [5.74, 6) is 2.86. The van der Waals surface area contributed by atoms with Crippen LogP contribution in [0.15, 0.2) is 18.7 Å². The van der Waals surface area contributed by atoms with Crippen molar-refractivity contribution in [1.82, 2.24) is 10.2 Å². The number of ether oxygens (including phenoxy) is 4. The largest absolute Gasteiger partial charge is 0.504 e. The van der Waals surface area contributed by atoms with Crippen LogP contribution in [0.3, 0.4) is 0 Å². The van der Waals surface area contributed by atoms with E-state index in [2.05, 4.69) is 29.9 Å². The summed E-state index contributed by atoms with van der Waals surface area (Å²) in [7, 11) is 3.70. The number of aliphatic hydroxyl groups excluding tert-OH is 1. The molecule has 8 nitrogen and oxygen atoms in total. The highest BCUT2D eigenvalue weighted by molar-refractivity contribution is 5.65. The summed E-state index contributed by atoms with van der Waals surface area (Å²) in [6, 6.07) is 1.92. The Kier molecular flexibility index (Phi) is 11.1. The van der Waals surface area contributed by atoms with E-state index in [0.29, 0.717) is 30.4 Å². The quantitative estimate of drug-likeness (QED) is 0.414. The van der Waals surface area contributed by atoms with Crippen molar-refractivity contribution in [2.75, 3.05) is 40.7 Å². The molecule has 3 unspecified atom stereocenters. The van der Waals surface area contributed by atoms with E-state index in [1.165, 1.54) is 0 Å². The first kappa shape index (κ1) is 31.6. The van der Waals surface area contributed by atoms with Gasteiger partial charge in [0, 0.05) is 34.8 Å². The molecule has 222 valence electrons. The Balaban J connectivity index is 0.00000106. The van der Waals surface area contributed by atoms with Gasteiger partial charge >= 0.3 is 0 Å². The standard InChI is InChI=1S/C28H36N2O6.2C2H6/c1-6-9-34-26-16(3)27-28(36-14-35-27)23-19(26)8-7-18-11-17-10-15(2)25(33-5)24(32)22(17)21(30(18)4)12-29-20(23)13-31;2*1-2/h6,10,18,20-21,29,31-32H,1,7-9,11-14H2,2-5H3;2*1-2H3. The van der Waals surface area contributed by atoms with Gasteiger partial charge in [0.05, 0.1) is 25.8 Å². The number of fused-ring (bicyclic) bond motifs is 7. The molecule has 0 radical (unpaired) electrons. The van der Waals surface area contributed by atoms with Crippen LogP contribution in [0.2, 0.25) is 0 Å². The van der Waals surface area contributed by atoms with Crippen LogP contribution in [0.4, 0.5) is 0 Å². The fourth-order valence-electron chi connectivity index (χ4n) is 6.19. The maximum Gasteiger partial charge on any atom is 0.231 e. The number of nitrogens with one attached hydrogen (secondary N) is 1. The molecule has 0 aliphatic carbocycles. The fraction of sp³-hybridized carbons (Fsp3) is 0.562. The summed E-state index contributed by atoms with van der Waals surface area (Å²) in [4.78, 5) is 2.34. The predicted molar refractivity (Wildman–Crippen MR) is 159 cm³/mol. The van der Waals surface area contributed by atoms with Crippen LogP contribution in [-0.4, -0.2) is 61.9 Å². The summed E-state index contributed by atoms with van der Waals surface area (Å²) >= 11 is 0. The molecule has 3 aliphatic heterocycles. The number of aryl methyl sites for hydroxylation is 1. The van der Waals surface area contributed by atoms with Crippen LogP contribution < -0.4 is 24.3 Å². The van der Waals surface area contributed by atoms with Gasteiger partial charge in [0.15, 0.2) is 23.0 Å². The van der Waals surface area contributed by atoms with Gasteiger partial charge in [-0.25, -0.2) is 0 Å². The maximum atomic E-state index is 11.2. The van der Waals surface area contributed by atoms with Crippen molar-refractivity contribution in [2.24, 2.45) is 0 Å². The average molecular weight is 557 g/mol. The predicted octanol–water partition coefficient (Wildman–Crippen LogP) is 5.53. The second kappa shape index (κ2) is 14.1. The highest BCUT2D eigenvalue weighted by atomic mass is 16.7. The molecule has 2 aromatic carbocycles. The van der Waals surface area contributed by atoms with E-state index in [9.17, 15) is 10.2 Å². The number of aliphatic hydroxyl groups is 1. The van der Waals surface area contributed by atoms with Crippen LogP contribution in [-0.2, 0) is 12.8 Å². The Hall–Kier alpha value is -2.94. The molecule has 40 heavy (non-hydrogen) atoms. The third-order valence-electron chi connectivity index (χ3n) is 7.93. The van der Waals surface area contributed by atoms with Gasteiger partial charge in [0.2, 0.25) is 6.79 Å². The number of phenolic OH excluding ortho intramolecular Hbond substituents is 1. The monoisotopic (exact) mass is 556 g/mol. The normalized spacial score (nSPS) is 21.0. The minimum atomic E-state index is -0.396. The van der Waals surface area contributed by atoms with Crippen LogP contribution in [0, 0.1) is 13.8 Å². The first-order chi connectivity index (χ1) is 19.4. The molecule has 0 amide bonds. The molecule has 0 aromatic heterocycles. The second-order valence-electron chi connectivity index (χ2n) is 9.88. The summed E-state index contributed by atoms with van der Waals surface area (Å²) in [5.41, 5.74) is 5.80. The first-order valence-corrected chi connectivity index (χ1v) is 14.5. The first-order valence-electron chi connectivity index (χ1n) is 14.5. The molecule has 0 saturated heterocycles. The van der Waals surface area contributed by atoms with Gasteiger partial charge in [-0.15, -0.1) is 0 Å². The molecule has 2 bridgehead atoms. The lowest BCUT2D eigenvalue weighted by Gasteiger charge is -2.43. The topological polar surface area (TPSA) is 92.7 Å². The van der Waals surface area contributed by atoms with E-state index in [1.807, 2.05) is 41.5 Å². The molecular weight excluding hydrogens is 508 g/mol. The maximum absolute atomic E-state index is 11.2. The SMILES string of the molecule is C=CCOc1c(C)c2c(c3c1CCC1Cc4cc(C)c(OC)c(O)c4C(CNC3CO)N1C)OCO2.CC.CC. The molecule has 3 heterocycles. The zero-order valence-electron chi connectivity index (χ0n) is 25.5. The number of hydrogen-bond acceptors (Lipinski definition) is 8. The van der Waals surface area contributed by atoms with Crippen molar-refractivity contribution >= 4 is 0 Å². The summed E-state index contributed by atoms with van der Waals surface area (Å²) in [5, 5.41) is 25.3. The summed E-state index contributed by atoms with van der Waals surface area (Å²) in [6.45, 7) is 16.7. The number of nitrogens with zero attached hydrogens (tertiary/aromatic N) is 1. The van der Waals surface area contributed by atoms with E-state index >= 15 is 0 Å². The lowest BCUT2D eigenvalue weighted by Crippen LogP contribution is -2.46. The van der Waals surface area contributed by atoms with Crippen LogP contribution in [0.1, 0.15) is 79.6 Å². The number of aromatic hydroxyl groups is 1. The molecule has 0 spiro atoms. The molecule has 3 atom stereocenters. The minimum Gasteiger partial charge on any atom is -0.504 e. The molecule has 2 aromatic rings. The minimum absolute atomic E-state index is 0.0870. The zero-order chi connectivity index (χ0) is 29.6. The van der Waals surface area contributed by atoms with Crippen molar-refractivity contribution < 1.29 is 29.2 Å². The van der Waals surface area contributed by atoms with Crippen LogP contribution in [0.5, 0.6) is 28.7 Å². The summed E-state index contributed by atoms with van der Waals surface area (Å²) < 4.78 is 23.5. The molecule has 3 N–H and O–H groups in total. The van der Waals surface area contributed by atoms with Crippen molar-refractivity contribution in [3.05, 3.63) is 52.1 Å². The number of likely N-dealkylation sites (N-methyl/N-ethyl adjacent to an activating group) is 1. The van der Waals surface area contributed by atoms with E-state index in [-0.39, 0.29) is 31.2 Å². The Morgan fingerprint density at radius 1 is 1.12 bits per heavy atom. The van der Waals surface area contributed by atoms with Gasteiger partial charge < -0.3 is 34.5 Å². The molecule has 8 heteroatoms. The highest BCUT2D eigenvalue weighted by Crippen LogP contribution is 2.51. The van der Waals surface area contributed by atoms with E-state index in [0.717, 1.165) is 58.4 Å². The van der Waals surface area contributed by atoms with Gasteiger partial charge in [-0.05, 0) is 51.3 Å². The van der Waals surface area contributed by atoms with E-state index < -0.39 is 6.04 Å². The smallest absolute Gasteiger partial charge is 0.231 e. The average Bonchev–Trinajstić information content (AvgIpc) is 3.46. The van der Waals surface area contributed by atoms with Gasteiger partial charge in [-0.3, -0.25) is 4.90 Å². The Labute approximate surface area is 239 Å². The second-order valence-corrected chi connectivity index (χ2v) is 9.88. The number of phenols is 1.